The van der Waals surface area contributed by atoms with E-state index in [1.165, 1.54) is 6.08 Å². The number of anilines is 1. The van der Waals surface area contributed by atoms with E-state index >= 15 is 0 Å². The molecule has 1 N–H and O–H groups in total. The van der Waals surface area contributed by atoms with Crippen LogP contribution in [-0.4, -0.2) is 18.3 Å². The predicted octanol–water partition coefficient (Wildman–Crippen LogP) is 7.02. The van der Waals surface area contributed by atoms with Gasteiger partial charge in [0.25, 0.3) is 0 Å². The van der Waals surface area contributed by atoms with Crippen molar-refractivity contribution in [3.05, 3.63) is 99.7 Å². The van der Waals surface area contributed by atoms with Gasteiger partial charge in [0.05, 0.1) is 12.3 Å². The van der Waals surface area contributed by atoms with E-state index in [0.717, 1.165) is 0 Å². The Hall–Kier alpha value is -3.54. The lowest BCUT2D eigenvalue weighted by molar-refractivity contribution is -0.111. The van der Waals surface area contributed by atoms with Crippen LogP contribution in [0.1, 0.15) is 28.6 Å². The molecule has 3 aromatic carbocycles. The van der Waals surface area contributed by atoms with Gasteiger partial charge in [-0.2, -0.15) is 0 Å². The fraction of sp³-hybridized carbons (Fsp3) is 0.0769. The van der Waals surface area contributed by atoms with Crippen LogP contribution in [0.3, 0.4) is 0 Å². The van der Waals surface area contributed by atoms with Crippen LogP contribution in [0.4, 0.5) is 5.69 Å². The summed E-state index contributed by atoms with van der Waals surface area (Å²) in [5.74, 6) is -0.0765. The Morgan fingerprint density at radius 1 is 1.03 bits per heavy atom. The predicted molar refractivity (Wildman–Crippen MR) is 131 cm³/mol. The highest BCUT2D eigenvalue weighted by Gasteiger charge is 2.23. The highest BCUT2D eigenvalue weighted by molar-refractivity contribution is 6.35. The molecule has 0 aliphatic rings. The zero-order chi connectivity index (χ0) is 23.4. The molecule has 7 heteroatoms. The molecule has 166 valence electrons. The van der Waals surface area contributed by atoms with Gasteiger partial charge >= 0.3 is 0 Å². The van der Waals surface area contributed by atoms with Crippen LogP contribution < -0.4 is 10.1 Å². The van der Waals surface area contributed by atoms with Crippen molar-refractivity contribution in [1.82, 2.24) is 0 Å². The molecule has 0 bridgehead atoms. The molecule has 0 radical (unpaired) electrons. The third-order valence-corrected chi connectivity index (χ3v) is 5.42. The molecule has 5 nitrogen and oxygen atoms in total. The number of hydrogen-bond acceptors (Lipinski definition) is 4. The highest BCUT2D eigenvalue weighted by Crippen LogP contribution is 2.33. The third kappa shape index (κ3) is 5.11. The number of carbonyl (C=O) groups is 2. The van der Waals surface area contributed by atoms with E-state index in [2.05, 4.69) is 5.32 Å². The van der Waals surface area contributed by atoms with Crippen molar-refractivity contribution in [2.75, 3.05) is 11.9 Å². The second kappa shape index (κ2) is 9.94. The SMILES string of the molecule is CCOc1ccc(C(=O)c2oc3ccccc3c2NC(=O)/C=C/c2ccc(Cl)cc2Cl)cc1. The van der Waals surface area contributed by atoms with Gasteiger partial charge in [-0.15, -0.1) is 0 Å². The number of carbonyl (C=O) groups excluding carboxylic acids is 2. The van der Waals surface area contributed by atoms with E-state index in [-0.39, 0.29) is 11.5 Å². The molecule has 0 spiro atoms. The minimum absolute atomic E-state index is 0.0478. The van der Waals surface area contributed by atoms with E-state index in [0.29, 0.717) is 50.2 Å². The molecule has 4 rings (SSSR count). The molecular weight excluding hydrogens is 461 g/mol. The number of benzene rings is 3. The Morgan fingerprint density at radius 3 is 2.52 bits per heavy atom. The third-order valence-electron chi connectivity index (χ3n) is 4.85. The Bertz CT molecular complexity index is 1360. The number of ether oxygens (including phenoxy) is 1. The number of nitrogens with one attached hydrogen (secondary N) is 1. The van der Waals surface area contributed by atoms with Gasteiger partial charge in [-0.05, 0) is 67.1 Å². The van der Waals surface area contributed by atoms with E-state index in [1.807, 2.05) is 13.0 Å². The van der Waals surface area contributed by atoms with Gasteiger partial charge in [-0.3, -0.25) is 9.59 Å². The van der Waals surface area contributed by atoms with Crippen LogP contribution in [0.5, 0.6) is 5.75 Å². The van der Waals surface area contributed by atoms with Gasteiger partial charge in [-0.25, -0.2) is 0 Å². The van der Waals surface area contributed by atoms with Crippen molar-refractivity contribution in [3.8, 4) is 5.75 Å². The van der Waals surface area contributed by atoms with Gasteiger partial charge in [0, 0.05) is 27.1 Å². The maximum atomic E-state index is 13.2. The van der Waals surface area contributed by atoms with Gasteiger partial charge in [0.1, 0.15) is 11.3 Å². The summed E-state index contributed by atoms with van der Waals surface area (Å²) in [5.41, 5.74) is 1.85. The lowest BCUT2D eigenvalue weighted by atomic mass is 10.1. The minimum Gasteiger partial charge on any atom is -0.494 e. The number of para-hydroxylation sites is 1. The molecular formula is C26H19Cl2NO4. The molecule has 0 saturated carbocycles. The average molecular weight is 480 g/mol. The number of fused-ring (bicyclic) bond motifs is 1. The molecule has 0 saturated heterocycles. The molecule has 1 amide bonds. The summed E-state index contributed by atoms with van der Waals surface area (Å²) >= 11 is 12.1. The van der Waals surface area contributed by atoms with Crippen molar-refractivity contribution < 1.29 is 18.7 Å². The summed E-state index contributed by atoms with van der Waals surface area (Å²) in [5, 5.41) is 4.33. The smallest absolute Gasteiger partial charge is 0.248 e. The van der Waals surface area contributed by atoms with E-state index in [1.54, 1.807) is 66.7 Å². The van der Waals surface area contributed by atoms with Crippen molar-refractivity contribution in [2.45, 2.75) is 6.92 Å². The average Bonchev–Trinajstić information content (AvgIpc) is 3.17. The second-order valence-corrected chi connectivity index (χ2v) is 7.92. The normalized spacial score (nSPS) is 11.1. The van der Waals surface area contributed by atoms with Gasteiger partial charge in [0.2, 0.25) is 11.7 Å². The lowest BCUT2D eigenvalue weighted by Gasteiger charge is -2.06. The maximum absolute atomic E-state index is 13.2. The first-order chi connectivity index (χ1) is 16.0. The van der Waals surface area contributed by atoms with Crippen molar-refractivity contribution in [1.29, 1.82) is 0 Å². The Balaban J connectivity index is 1.64. The molecule has 4 aromatic rings. The Morgan fingerprint density at radius 2 is 1.79 bits per heavy atom. The standard InChI is InChI=1S/C26H19Cl2NO4/c1-2-32-19-12-8-17(9-13-19)25(31)26-24(20-5-3-4-6-22(20)33-26)29-23(30)14-10-16-7-11-18(27)15-21(16)28/h3-15H,2H2,1H3,(H,29,30)/b14-10+. The Labute approximate surface area is 200 Å². The largest absolute Gasteiger partial charge is 0.494 e. The summed E-state index contributed by atoms with van der Waals surface area (Å²) in [4.78, 5) is 25.9. The van der Waals surface area contributed by atoms with Crippen molar-refractivity contribution in [3.63, 3.8) is 0 Å². The number of hydrogen-bond donors (Lipinski definition) is 1. The molecule has 0 fully saturated rings. The van der Waals surface area contributed by atoms with Crippen LogP contribution in [-0.2, 0) is 4.79 Å². The topological polar surface area (TPSA) is 68.5 Å². The zero-order valence-corrected chi connectivity index (χ0v) is 19.1. The molecule has 1 heterocycles. The highest BCUT2D eigenvalue weighted by atomic mass is 35.5. The van der Waals surface area contributed by atoms with Crippen molar-refractivity contribution in [2.24, 2.45) is 0 Å². The van der Waals surface area contributed by atoms with Crippen LogP contribution in [0, 0.1) is 0 Å². The summed E-state index contributed by atoms with van der Waals surface area (Å²) in [6.45, 7) is 2.42. The molecule has 0 atom stereocenters. The number of halogens is 2. The van der Waals surface area contributed by atoms with Gasteiger partial charge < -0.3 is 14.5 Å². The van der Waals surface area contributed by atoms with Gasteiger partial charge in [-0.1, -0.05) is 41.4 Å². The van der Waals surface area contributed by atoms with E-state index in [9.17, 15) is 9.59 Å². The molecule has 1 aromatic heterocycles. The monoisotopic (exact) mass is 479 g/mol. The summed E-state index contributed by atoms with van der Waals surface area (Å²) in [6.07, 6.45) is 2.91. The maximum Gasteiger partial charge on any atom is 0.248 e. The van der Waals surface area contributed by atoms with Crippen LogP contribution in [0.2, 0.25) is 10.0 Å². The second-order valence-electron chi connectivity index (χ2n) is 7.08. The molecule has 33 heavy (non-hydrogen) atoms. The minimum atomic E-state index is -0.437. The summed E-state index contributed by atoms with van der Waals surface area (Å²) < 4.78 is 11.3. The van der Waals surface area contributed by atoms with Gasteiger partial charge in [0.15, 0.2) is 5.76 Å². The Kier molecular flexibility index (Phi) is 6.82. The molecule has 0 aliphatic heterocycles. The molecule has 0 unspecified atom stereocenters. The first-order valence-corrected chi connectivity index (χ1v) is 10.9. The fourth-order valence-electron chi connectivity index (χ4n) is 3.30. The van der Waals surface area contributed by atoms with E-state index < -0.39 is 5.91 Å². The van der Waals surface area contributed by atoms with E-state index in [4.69, 9.17) is 32.4 Å². The number of amides is 1. The summed E-state index contributed by atoms with van der Waals surface area (Å²) in [7, 11) is 0. The number of ketones is 1. The lowest BCUT2D eigenvalue weighted by Crippen LogP contribution is -2.11. The van der Waals surface area contributed by atoms with Crippen molar-refractivity contribution >= 4 is 57.6 Å². The molecule has 0 aliphatic carbocycles. The summed E-state index contributed by atoms with van der Waals surface area (Å²) in [6, 6.07) is 18.9. The number of rotatable bonds is 7. The van der Waals surface area contributed by atoms with Crippen LogP contribution >= 0.6 is 23.2 Å². The quantitative estimate of drug-likeness (QED) is 0.228. The van der Waals surface area contributed by atoms with Crippen LogP contribution in [0.15, 0.2) is 77.2 Å². The fourth-order valence-corrected chi connectivity index (χ4v) is 3.77. The zero-order valence-electron chi connectivity index (χ0n) is 17.6. The number of furan rings is 1. The first kappa shape index (κ1) is 22.6. The van der Waals surface area contributed by atoms with Crippen LogP contribution in [0.25, 0.3) is 17.0 Å². The first-order valence-electron chi connectivity index (χ1n) is 10.2.